The molecule has 5 nitrogen and oxygen atoms in total. The third kappa shape index (κ3) is 5.66. The van der Waals surface area contributed by atoms with E-state index in [1.54, 1.807) is 0 Å². The van der Waals surface area contributed by atoms with Gasteiger partial charge in [-0.15, -0.1) is 11.8 Å². The van der Waals surface area contributed by atoms with Crippen LogP contribution in [0.4, 0.5) is 0 Å². The van der Waals surface area contributed by atoms with Crippen molar-refractivity contribution < 1.29 is 19.7 Å². The fraction of sp³-hybridized carbons (Fsp3) is 0.135. The molecule has 0 bridgehead atoms. The van der Waals surface area contributed by atoms with Crippen LogP contribution in [0.1, 0.15) is 33.7 Å². The lowest BCUT2D eigenvalue weighted by atomic mass is 9.84. The van der Waals surface area contributed by atoms with Crippen LogP contribution in [0.15, 0.2) is 145 Å². The van der Waals surface area contributed by atoms with Crippen LogP contribution in [0.2, 0.25) is 0 Å². The number of thioether (sulfide) groups is 1. The molecule has 1 atom stereocenters. The first-order valence-electron chi connectivity index (χ1n) is 14.2. The molecule has 1 aliphatic carbocycles. The minimum absolute atomic E-state index is 0.0538. The second-order valence-corrected chi connectivity index (χ2v) is 11.6. The van der Waals surface area contributed by atoms with Crippen molar-refractivity contribution in [3.8, 4) is 11.1 Å². The first kappa shape index (κ1) is 28.3. The molecule has 0 spiro atoms. The summed E-state index contributed by atoms with van der Waals surface area (Å²) in [6.07, 6.45) is -0.875. The van der Waals surface area contributed by atoms with Crippen molar-refractivity contribution in [2.75, 3.05) is 12.4 Å². The highest BCUT2D eigenvalue weighted by Gasteiger charge is 2.38. The molecule has 0 aromatic heterocycles. The maximum atomic E-state index is 13.0. The summed E-state index contributed by atoms with van der Waals surface area (Å²) in [7, 11) is 0. The highest BCUT2D eigenvalue weighted by molar-refractivity contribution is 8.00. The SMILES string of the molecule is O=C(O)[C@@H](CSC(c1ccccc1)(c1ccccc1)c1ccccc1)N=C([O-])OCC1c2ccccc2-c2ccccc21. The number of aliphatic imine (C=N–C) groups is 1. The molecule has 0 saturated heterocycles. The Morgan fingerprint density at radius 2 is 1.14 bits per heavy atom. The summed E-state index contributed by atoms with van der Waals surface area (Å²) in [5.74, 6) is -1.26. The van der Waals surface area contributed by atoms with Gasteiger partial charge in [-0.05, 0) is 38.9 Å². The molecule has 43 heavy (non-hydrogen) atoms. The van der Waals surface area contributed by atoms with Gasteiger partial charge in [0.1, 0.15) is 6.08 Å². The minimum Gasteiger partial charge on any atom is -0.599 e. The predicted octanol–water partition coefficient (Wildman–Crippen LogP) is 6.71. The molecule has 214 valence electrons. The number of fused-ring (bicyclic) bond motifs is 3. The maximum absolute atomic E-state index is 13.0. The zero-order chi connectivity index (χ0) is 29.6. The summed E-state index contributed by atoms with van der Waals surface area (Å²) >= 11 is 1.45. The molecule has 0 aliphatic heterocycles. The smallest absolute Gasteiger partial charge is 0.329 e. The predicted molar refractivity (Wildman–Crippen MR) is 170 cm³/mol. The van der Waals surface area contributed by atoms with Crippen LogP contribution in [0, 0.1) is 0 Å². The van der Waals surface area contributed by atoms with Crippen molar-refractivity contribution in [2.24, 2.45) is 4.99 Å². The molecule has 0 fully saturated rings. The number of carboxylic acids is 1. The number of carboxylic acid groups (broad SMARTS) is 1. The quantitative estimate of drug-likeness (QED) is 0.112. The third-order valence-electron chi connectivity index (χ3n) is 7.88. The number of aliphatic carboxylic acids is 1. The van der Waals surface area contributed by atoms with E-state index in [2.05, 4.69) is 17.1 Å². The van der Waals surface area contributed by atoms with E-state index in [0.29, 0.717) is 0 Å². The Morgan fingerprint density at radius 1 is 0.721 bits per heavy atom. The second kappa shape index (κ2) is 12.6. The molecule has 6 heteroatoms. The van der Waals surface area contributed by atoms with Crippen molar-refractivity contribution in [3.63, 3.8) is 0 Å². The molecule has 5 aromatic carbocycles. The Balaban J connectivity index is 1.28. The largest absolute Gasteiger partial charge is 0.599 e. The standard InChI is InChI=1S/C37H31NO4S/c39-35(40)34(38-36(41)42-24-33-31-22-12-10-20-29(31)30-21-11-13-23-32(30)33)25-43-37(26-14-4-1-5-15-26,27-16-6-2-7-17-27)28-18-8-3-9-19-28/h1-23,33-34H,24-25H2,(H,38,41)(H,39,40)/p-1/t34-/m1/s1. The third-order valence-corrected chi connectivity index (χ3v) is 9.50. The lowest BCUT2D eigenvalue weighted by Crippen LogP contribution is -2.33. The normalized spacial score (nSPS) is 13.6. The fourth-order valence-corrected chi connectivity index (χ4v) is 7.43. The summed E-state index contributed by atoms with van der Waals surface area (Å²) in [6.45, 7) is 0.0812. The van der Waals surface area contributed by atoms with Crippen molar-refractivity contribution >= 4 is 23.8 Å². The number of hydrogen-bond donors (Lipinski definition) is 1. The molecule has 0 unspecified atom stereocenters. The van der Waals surface area contributed by atoms with Gasteiger partial charge in [-0.1, -0.05) is 140 Å². The Bertz CT molecular complexity index is 1580. The van der Waals surface area contributed by atoms with Gasteiger partial charge in [0.15, 0.2) is 6.04 Å². The Morgan fingerprint density at radius 3 is 1.58 bits per heavy atom. The molecule has 5 aromatic rings. The van der Waals surface area contributed by atoms with Gasteiger partial charge in [0.05, 0.1) is 4.75 Å². The average Bonchev–Trinajstić information content (AvgIpc) is 3.38. The molecule has 6 rings (SSSR count). The van der Waals surface area contributed by atoms with Crippen LogP contribution in [0.5, 0.6) is 0 Å². The molecule has 0 saturated carbocycles. The average molecular weight is 585 g/mol. The highest BCUT2D eigenvalue weighted by atomic mass is 32.2. The monoisotopic (exact) mass is 584 g/mol. The summed E-state index contributed by atoms with van der Waals surface area (Å²) < 4.78 is 4.90. The molecule has 1 aliphatic rings. The van der Waals surface area contributed by atoms with Gasteiger partial charge < -0.3 is 14.9 Å². The number of benzene rings is 5. The van der Waals surface area contributed by atoms with Gasteiger partial charge in [-0.3, -0.25) is 4.99 Å². The molecule has 0 heterocycles. The van der Waals surface area contributed by atoms with Crippen LogP contribution >= 0.6 is 11.8 Å². The summed E-state index contributed by atoms with van der Waals surface area (Å²) in [5.41, 5.74) is 7.42. The first-order valence-corrected chi connectivity index (χ1v) is 15.2. The number of ether oxygens (including phenoxy) is 1. The van der Waals surface area contributed by atoms with Crippen molar-refractivity contribution in [2.45, 2.75) is 16.7 Å². The van der Waals surface area contributed by atoms with E-state index in [9.17, 15) is 15.0 Å². The van der Waals surface area contributed by atoms with E-state index in [1.165, 1.54) is 11.8 Å². The van der Waals surface area contributed by atoms with Crippen LogP contribution in [-0.4, -0.2) is 35.6 Å². The number of rotatable bonds is 10. The Kier molecular flexibility index (Phi) is 8.29. The van der Waals surface area contributed by atoms with E-state index < -0.39 is 22.8 Å². The van der Waals surface area contributed by atoms with Gasteiger partial charge in [-0.25, -0.2) is 4.79 Å². The zero-order valence-electron chi connectivity index (χ0n) is 23.4. The molecular formula is C37H30NO4S-. The molecule has 1 N–H and O–H groups in total. The fourth-order valence-electron chi connectivity index (χ4n) is 5.89. The number of hydrogen-bond acceptors (Lipinski definition) is 5. The molecular weight excluding hydrogens is 554 g/mol. The van der Waals surface area contributed by atoms with E-state index in [-0.39, 0.29) is 18.3 Å². The second-order valence-electron chi connectivity index (χ2n) is 10.4. The summed E-state index contributed by atoms with van der Waals surface area (Å²) in [5, 5.41) is 23.2. The molecule has 0 radical (unpaired) electrons. The summed E-state index contributed by atoms with van der Waals surface area (Å²) in [4.78, 5) is 16.5. The van der Waals surface area contributed by atoms with E-state index >= 15 is 0 Å². The van der Waals surface area contributed by atoms with E-state index in [4.69, 9.17) is 4.74 Å². The van der Waals surface area contributed by atoms with Crippen molar-refractivity contribution in [1.29, 1.82) is 0 Å². The van der Waals surface area contributed by atoms with Gasteiger partial charge in [0, 0.05) is 18.3 Å². The topological polar surface area (TPSA) is 82.0 Å². The highest BCUT2D eigenvalue weighted by Crippen LogP contribution is 2.49. The van der Waals surface area contributed by atoms with Crippen LogP contribution in [-0.2, 0) is 14.3 Å². The summed E-state index contributed by atoms with van der Waals surface area (Å²) in [6, 6.07) is 44.9. The Labute approximate surface area is 255 Å². The van der Waals surface area contributed by atoms with Crippen LogP contribution in [0.25, 0.3) is 11.1 Å². The zero-order valence-corrected chi connectivity index (χ0v) is 24.2. The van der Waals surface area contributed by atoms with E-state index in [1.807, 2.05) is 127 Å². The van der Waals surface area contributed by atoms with Gasteiger partial charge >= 0.3 is 5.97 Å². The minimum atomic E-state index is -1.30. The molecule has 0 amide bonds. The Hall–Kier alpha value is -4.81. The first-order chi connectivity index (χ1) is 21.1. The van der Waals surface area contributed by atoms with Crippen molar-refractivity contribution in [1.82, 2.24) is 0 Å². The number of nitrogens with zero attached hydrogens (tertiary/aromatic N) is 1. The number of carbonyl (C=O) groups is 1. The van der Waals surface area contributed by atoms with Crippen LogP contribution < -0.4 is 5.11 Å². The lowest BCUT2D eigenvalue weighted by Gasteiger charge is -2.36. The van der Waals surface area contributed by atoms with Gasteiger partial charge in [-0.2, -0.15) is 0 Å². The lowest BCUT2D eigenvalue weighted by molar-refractivity contribution is -0.251. The van der Waals surface area contributed by atoms with Gasteiger partial charge in [0.2, 0.25) is 0 Å². The van der Waals surface area contributed by atoms with Crippen molar-refractivity contribution in [3.05, 3.63) is 167 Å². The van der Waals surface area contributed by atoms with E-state index in [0.717, 1.165) is 38.9 Å². The van der Waals surface area contributed by atoms with Gasteiger partial charge in [0.25, 0.3) is 0 Å². The maximum Gasteiger partial charge on any atom is 0.329 e. The van der Waals surface area contributed by atoms with Crippen LogP contribution in [0.3, 0.4) is 0 Å².